The smallest absolute Gasteiger partial charge is 0.348 e. The molecule has 1 unspecified atom stereocenters. The molecule has 3 heterocycles. The standard InChI is InChI=1S/C32H41N7O2/c1-4-28(40)38-14-6-12-37(13-7-15-38)27(19-32-16-23(17-32)18-32)25-10-8-24(9-11-25)22(3)35-30-33-20-26-21-34-31(41)39(5-2)29(26)36-30/h4,8-11,20-23,27H,1,5-7,12-19H2,2-3H3,(H,33,35,36)/t22-,23?,27?,32?/m0/s1. The highest BCUT2D eigenvalue weighted by molar-refractivity contribution is 5.86. The molecule has 4 aliphatic rings. The number of hydrogen-bond acceptors (Lipinski definition) is 7. The van der Waals surface area contributed by atoms with Crippen molar-refractivity contribution in [1.82, 2.24) is 29.3 Å². The van der Waals surface area contributed by atoms with E-state index in [0.717, 1.165) is 55.9 Å². The number of carbonyl (C=O) groups excluding carboxylic acids is 1. The second-order valence-corrected chi connectivity index (χ2v) is 12.3. The van der Waals surface area contributed by atoms with Gasteiger partial charge in [0.1, 0.15) is 0 Å². The summed E-state index contributed by atoms with van der Waals surface area (Å²) in [6.07, 6.45) is 12.1. The van der Waals surface area contributed by atoms with Crippen molar-refractivity contribution in [3.05, 3.63) is 70.9 Å². The Kier molecular flexibility index (Phi) is 7.64. The molecule has 41 heavy (non-hydrogen) atoms. The molecule has 3 aromatic rings. The maximum atomic E-state index is 12.2. The summed E-state index contributed by atoms with van der Waals surface area (Å²) in [4.78, 5) is 42.0. The maximum absolute atomic E-state index is 12.2. The van der Waals surface area contributed by atoms with Crippen molar-refractivity contribution in [2.24, 2.45) is 11.3 Å². The number of fused-ring (bicyclic) bond motifs is 1. The molecular formula is C32H41N7O2. The highest BCUT2D eigenvalue weighted by Crippen LogP contribution is 2.68. The van der Waals surface area contributed by atoms with Gasteiger partial charge in [-0.2, -0.15) is 4.98 Å². The van der Waals surface area contributed by atoms with Gasteiger partial charge in [0, 0.05) is 51.2 Å². The Morgan fingerprint density at radius 1 is 1.07 bits per heavy atom. The second-order valence-electron chi connectivity index (χ2n) is 12.3. The highest BCUT2D eigenvalue weighted by Gasteiger charge is 2.57. The van der Waals surface area contributed by atoms with E-state index in [1.165, 1.54) is 43.5 Å². The molecule has 2 atom stereocenters. The van der Waals surface area contributed by atoms with Gasteiger partial charge in [-0.05, 0) is 80.9 Å². The fourth-order valence-corrected chi connectivity index (χ4v) is 7.20. The van der Waals surface area contributed by atoms with E-state index in [4.69, 9.17) is 0 Å². The zero-order chi connectivity index (χ0) is 28.6. The molecule has 1 saturated heterocycles. The molecule has 3 saturated carbocycles. The van der Waals surface area contributed by atoms with E-state index in [0.29, 0.717) is 29.6 Å². The van der Waals surface area contributed by atoms with Crippen molar-refractivity contribution in [2.45, 2.75) is 71.0 Å². The maximum Gasteiger partial charge on any atom is 0.349 e. The summed E-state index contributed by atoms with van der Waals surface area (Å²) in [5.74, 6) is 1.51. The Balaban J connectivity index is 1.17. The van der Waals surface area contributed by atoms with Gasteiger partial charge in [-0.3, -0.25) is 14.3 Å². The van der Waals surface area contributed by atoms with Crippen LogP contribution in [0.5, 0.6) is 0 Å². The molecule has 3 aliphatic carbocycles. The third kappa shape index (κ3) is 5.52. The summed E-state index contributed by atoms with van der Waals surface area (Å²) in [7, 11) is 0. The van der Waals surface area contributed by atoms with Gasteiger partial charge in [0.15, 0.2) is 5.65 Å². The first-order valence-electron chi connectivity index (χ1n) is 15.1. The molecule has 2 aromatic heterocycles. The van der Waals surface area contributed by atoms with E-state index < -0.39 is 0 Å². The van der Waals surface area contributed by atoms with E-state index in [-0.39, 0.29) is 17.6 Å². The molecule has 9 nitrogen and oxygen atoms in total. The largest absolute Gasteiger partial charge is 0.349 e. The van der Waals surface area contributed by atoms with Gasteiger partial charge in [-0.25, -0.2) is 14.8 Å². The van der Waals surface area contributed by atoms with Crippen LogP contribution in [0.4, 0.5) is 5.95 Å². The summed E-state index contributed by atoms with van der Waals surface area (Å²) < 4.78 is 1.56. The summed E-state index contributed by atoms with van der Waals surface area (Å²) in [5, 5.41) is 4.17. The molecule has 4 fully saturated rings. The molecule has 216 valence electrons. The normalized spacial score (nSPS) is 24.0. The van der Waals surface area contributed by atoms with Crippen molar-refractivity contribution in [3.8, 4) is 0 Å². The van der Waals surface area contributed by atoms with Crippen LogP contribution in [0.15, 0.2) is 54.1 Å². The predicted octanol–water partition coefficient (Wildman–Crippen LogP) is 4.72. The van der Waals surface area contributed by atoms with E-state index in [1.54, 1.807) is 10.8 Å². The molecule has 1 amide bonds. The van der Waals surface area contributed by atoms with Crippen LogP contribution in [-0.4, -0.2) is 61.4 Å². The molecule has 0 radical (unpaired) electrons. The second kappa shape index (κ2) is 11.4. The predicted molar refractivity (Wildman–Crippen MR) is 160 cm³/mol. The fourth-order valence-electron chi connectivity index (χ4n) is 7.20. The topological polar surface area (TPSA) is 96.3 Å². The van der Waals surface area contributed by atoms with E-state index in [1.807, 2.05) is 11.8 Å². The first kappa shape index (κ1) is 27.6. The first-order chi connectivity index (χ1) is 19.9. The summed E-state index contributed by atoms with van der Waals surface area (Å²) in [6.45, 7) is 11.8. The third-order valence-electron chi connectivity index (χ3n) is 9.54. The lowest BCUT2D eigenvalue weighted by Gasteiger charge is -2.63. The van der Waals surface area contributed by atoms with Crippen molar-refractivity contribution < 1.29 is 4.79 Å². The van der Waals surface area contributed by atoms with Crippen LogP contribution in [0.1, 0.15) is 75.6 Å². The van der Waals surface area contributed by atoms with E-state index >= 15 is 0 Å². The zero-order valence-corrected chi connectivity index (χ0v) is 24.3. The van der Waals surface area contributed by atoms with Crippen molar-refractivity contribution in [2.75, 3.05) is 31.5 Å². The number of amides is 1. The number of aromatic nitrogens is 4. The molecule has 1 aromatic carbocycles. The van der Waals surface area contributed by atoms with Crippen LogP contribution < -0.4 is 11.0 Å². The highest BCUT2D eigenvalue weighted by atomic mass is 16.2. The first-order valence-corrected chi connectivity index (χ1v) is 15.1. The lowest BCUT2D eigenvalue weighted by molar-refractivity contribution is -0.129. The third-order valence-corrected chi connectivity index (χ3v) is 9.54. The monoisotopic (exact) mass is 555 g/mol. The molecule has 1 aliphatic heterocycles. The van der Waals surface area contributed by atoms with Gasteiger partial charge in [-0.15, -0.1) is 0 Å². The van der Waals surface area contributed by atoms with Crippen LogP contribution in [0.3, 0.4) is 0 Å². The number of rotatable bonds is 9. The van der Waals surface area contributed by atoms with Gasteiger partial charge >= 0.3 is 5.69 Å². The van der Waals surface area contributed by atoms with E-state index in [2.05, 4.69) is 62.9 Å². The van der Waals surface area contributed by atoms with Gasteiger partial charge < -0.3 is 10.2 Å². The Morgan fingerprint density at radius 3 is 2.34 bits per heavy atom. The average Bonchev–Trinajstić information content (AvgIpc) is 2.92. The van der Waals surface area contributed by atoms with E-state index in [9.17, 15) is 9.59 Å². The number of anilines is 1. The minimum absolute atomic E-state index is 0.00344. The Hall–Kier alpha value is -3.59. The SMILES string of the molecule is C=CC(=O)N1CCCN(C(CC23CC(C2)C3)c2ccc([C@H](C)Nc3ncc4cnc(=O)n(CC)c4n3)cc2)CCC1. The number of nitrogens with one attached hydrogen (secondary N) is 1. The van der Waals surface area contributed by atoms with Crippen molar-refractivity contribution in [3.63, 3.8) is 0 Å². The molecule has 2 bridgehead atoms. The minimum Gasteiger partial charge on any atom is -0.348 e. The fraction of sp³-hybridized carbons (Fsp3) is 0.531. The van der Waals surface area contributed by atoms with Crippen LogP contribution in [0, 0.1) is 11.3 Å². The summed E-state index contributed by atoms with van der Waals surface area (Å²) in [5.41, 5.74) is 3.37. The van der Waals surface area contributed by atoms with Crippen LogP contribution in [-0.2, 0) is 11.3 Å². The summed E-state index contributed by atoms with van der Waals surface area (Å²) in [6, 6.07) is 9.46. The molecule has 9 heteroatoms. The lowest BCUT2D eigenvalue weighted by Crippen LogP contribution is -2.53. The van der Waals surface area contributed by atoms with Crippen LogP contribution in [0.2, 0.25) is 0 Å². The molecule has 0 spiro atoms. The van der Waals surface area contributed by atoms with Gasteiger partial charge in [-0.1, -0.05) is 30.8 Å². The Labute approximate surface area is 241 Å². The quantitative estimate of drug-likeness (QED) is 0.382. The Morgan fingerprint density at radius 2 is 1.73 bits per heavy atom. The van der Waals surface area contributed by atoms with Crippen molar-refractivity contribution in [1.29, 1.82) is 0 Å². The van der Waals surface area contributed by atoms with Gasteiger partial charge in [0.25, 0.3) is 0 Å². The van der Waals surface area contributed by atoms with Gasteiger partial charge in [0.05, 0.1) is 11.4 Å². The minimum atomic E-state index is -0.302. The number of benzene rings is 1. The lowest BCUT2D eigenvalue weighted by atomic mass is 9.42. The zero-order valence-electron chi connectivity index (χ0n) is 24.3. The Bertz CT molecular complexity index is 1460. The number of carbonyl (C=O) groups is 1. The average molecular weight is 556 g/mol. The molecule has 7 rings (SSSR count). The molecular weight excluding hydrogens is 514 g/mol. The number of nitrogens with zero attached hydrogens (tertiary/aromatic N) is 6. The van der Waals surface area contributed by atoms with Crippen LogP contribution in [0.25, 0.3) is 11.0 Å². The number of hydrogen-bond donors (Lipinski definition) is 1. The van der Waals surface area contributed by atoms with Crippen LogP contribution >= 0.6 is 0 Å². The number of aryl methyl sites for hydroxylation is 1. The summed E-state index contributed by atoms with van der Waals surface area (Å²) >= 11 is 0. The van der Waals surface area contributed by atoms with Gasteiger partial charge in [0.2, 0.25) is 11.9 Å². The van der Waals surface area contributed by atoms with Crippen molar-refractivity contribution >= 4 is 22.9 Å². The molecule has 1 N–H and O–H groups in total.